The van der Waals surface area contributed by atoms with Crippen LogP contribution >= 0.6 is 15.9 Å². The third-order valence-electron chi connectivity index (χ3n) is 4.03. The van der Waals surface area contributed by atoms with Crippen molar-refractivity contribution >= 4 is 32.5 Å². The zero-order chi connectivity index (χ0) is 13.9. The van der Waals surface area contributed by atoms with Gasteiger partial charge in [0.1, 0.15) is 11.6 Å². The number of halogens is 1. The molecule has 106 valence electrons. The Bertz CT molecular complexity index is 602. The highest BCUT2D eigenvalue weighted by atomic mass is 79.9. The molecule has 3 nitrogen and oxygen atoms in total. The van der Waals surface area contributed by atoms with Gasteiger partial charge >= 0.3 is 0 Å². The average molecular weight is 335 g/mol. The molecule has 0 spiro atoms. The van der Waals surface area contributed by atoms with E-state index in [-0.39, 0.29) is 0 Å². The molecule has 1 aliphatic rings. The summed E-state index contributed by atoms with van der Waals surface area (Å²) in [7, 11) is 1.70. The Morgan fingerprint density at radius 1 is 1.35 bits per heavy atom. The minimum atomic E-state index is 0.545. The molecular formula is C16H19BrN2O. The van der Waals surface area contributed by atoms with E-state index in [4.69, 9.17) is 4.74 Å². The Morgan fingerprint density at radius 2 is 2.25 bits per heavy atom. The lowest BCUT2D eigenvalue weighted by atomic mass is 10.0. The van der Waals surface area contributed by atoms with Gasteiger partial charge in [0.25, 0.3) is 0 Å². The molecule has 1 atom stereocenters. The highest BCUT2D eigenvalue weighted by Crippen LogP contribution is 2.31. The molecule has 1 aromatic heterocycles. The number of anilines is 1. The molecule has 0 saturated carbocycles. The molecule has 0 N–H and O–H groups in total. The van der Waals surface area contributed by atoms with Gasteiger partial charge < -0.3 is 9.64 Å². The Morgan fingerprint density at radius 3 is 3.05 bits per heavy atom. The molecule has 2 aromatic rings. The first-order valence-corrected chi connectivity index (χ1v) is 8.21. The molecule has 2 heterocycles. The molecule has 20 heavy (non-hydrogen) atoms. The van der Waals surface area contributed by atoms with E-state index in [1.807, 2.05) is 12.3 Å². The van der Waals surface area contributed by atoms with E-state index in [9.17, 15) is 0 Å². The number of aromatic nitrogens is 1. The second-order valence-electron chi connectivity index (χ2n) is 5.22. The van der Waals surface area contributed by atoms with Gasteiger partial charge in [0.15, 0.2) is 0 Å². The van der Waals surface area contributed by atoms with Crippen LogP contribution in [0.25, 0.3) is 10.8 Å². The Hall–Kier alpha value is -1.29. The molecule has 0 amide bonds. The topological polar surface area (TPSA) is 25.4 Å². The summed E-state index contributed by atoms with van der Waals surface area (Å²) in [6.07, 6.45) is 5.69. The summed E-state index contributed by atoms with van der Waals surface area (Å²) in [5, 5.41) is 3.40. The van der Waals surface area contributed by atoms with Crippen molar-refractivity contribution in [1.29, 1.82) is 0 Å². The molecule has 1 aliphatic heterocycles. The minimum absolute atomic E-state index is 0.545. The molecule has 0 bridgehead atoms. The van der Waals surface area contributed by atoms with Crippen molar-refractivity contribution in [3.63, 3.8) is 0 Å². The van der Waals surface area contributed by atoms with E-state index in [2.05, 4.69) is 44.0 Å². The second-order valence-corrected chi connectivity index (χ2v) is 5.87. The van der Waals surface area contributed by atoms with Gasteiger partial charge in [-0.15, -0.1) is 0 Å². The van der Waals surface area contributed by atoms with Gasteiger partial charge in [-0.1, -0.05) is 15.9 Å². The Balaban J connectivity index is 2.06. The molecule has 1 fully saturated rings. The number of alkyl halides is 1. The van der Waals surface area contributed by atoms with E-state index in [1.54, 1.807) is 7.11 Å². The molecule has 1 saturated heterocycles. The van der Waals surface area contributed by atoms with E-state index in [0.29, 0.717) is 6.04 Å². The van der Waals surface area contributed by atoms with Gasteiger partial charge in [0.2, 0.25) is 0 Å². The number of rotatable bonds is 3. The first kappa shape index (κ1) is 13.7. The first-order chi connectivity index (χ1) is 9.83. The fraction of sp³-hybridized carbons (Fsp3) is 0.438. The van der Waals surface area contributed by atoms with Crippen LogP contribution in [0.1, 0.15) is 19.3 Å². The monoisotopic (exact) mass is 334 g/mol. The zero-order valence-electron chi connectivity index (χ0n) is 11.7. The second kappa shape index (κ2) is 6.00. The van der Waals surface area contributed by atoms with Crippen LogP contribution in [0, 0.1) is 0 Å². The lowest BCUT2D eigenvalue weighted by Gasteiger charge is -2.36. The number of ether oxygens (including phenoxy) is 1. The SMILES string of the molecule is COc1ccc2c(N3CCCCC3CBr)nccc2c1. The first-order valence-electron chi connectivity index (χ1n) is 7.09. The summed E-state index contributed by atoms with van der Waals surface area (Å²) in [5.74, 6) is 2.00. The molecule has 0 aliphatic carbocycles. The lowest BCUT2D eigenvalue weighted by Crippen LogP contribution is -2.41. The predicted molar refractivity (Wildman–Crippen MR) is 87.1 cm³/mol. The fourth-order valence-corrected chi connectivity index (χ4v) is 3.61. The van der Waals surface area contributed by atoms with Crippen LogP contribution in [0.3, 0.4) is 0 Å². The number of nitrogens with zero attached hydrogens (tertiary/aromatic N) is 2. The molecular weight excluding hydrogens is 316 g/mol. The van der Waals surface area contributed by atoms with Crippen LogP contribution < -0.4 is 9.64 Å². The summed E-state index contributed by atoms with van der Waals surface area (Å²) >= 11 is 3.65. The van der Waals surface area contributed by atoms with Crippen molar-refractivity contribution in [2.45, 2.75) is 25.3 Å². The van der Waals surface area contributed by atoms with Crippen LogP contribution in [0.4, 0.5) is 5.82 Å². The third kappa shape index (κ3) is 2.49. The number of fused-ring (bicyclic) bond motifs is 1. The van der Waals surface area contributed by atoms with E-state index in [1.165, 1.54) is 30.0 Å². The van der Waals surface area contributed by atoms with Crippen molar-refractivity contribution in [2.75, 3.05) is 23.9 Å². The van der Waals surface area contributed by atoms with Gasteiger partial charge in [0, 0.05) is 29.5 Å². The number of hydrogen-bond donors (Lipinski definition) is 0. The van der Waals surface area contributed by atoms with Gasteiger partial charge in [-0.2, -0.15) is 0 Å². The summed E-state index contributed by atoms with van der Waals surface area (Å²) in [6, 6.07) is 8.81. The maximum atomic E-state index is 5.31. The lowest BCUT2D eigenvalue weighted by molar-refractivity contribution is 0.415. The van der Waals surface area contributed by atoms with Crippen LogP contribution in [0.2, 0.25) is 0 Å². The summed E-state index contributed by atoms with van der Waals surface area (Å²) in [5.41, 5.74) is 0. The van der Waals surface area contributed by atoms with E-state index < -0.39 is 0 Å². The highest BCUT2D eigenvalue weighted by Gasteiger charge is 2.23. The number of piperidine rings is 1. The van der Waals surface area contributed by atoms with Gasteiger partial charge in [-0.05, 0) is 48.9 Å². The van der Waals surface area contributed by atoms with Crippen molar-refractivity contribution in [1.82, 2.24) is 4.98 Å². The molecule has 1 unspecified atom stereocenters. The molecule has 0 radical (unpaired) electrons. The largest absolute Gasteiger partial charge is 0.497 e. The van der Waals surface area contributed by atoms with Gasteiger partial charge in [0.05, 0.1) is 7.11 Å². The molecule has 3 rings (SSSR count). The normalized spacial score (nSPS) is 19.3. The van der Waals surface area contributed by atoms with Crippen molar-refractivity contribution in [3.05, 3.63) is 30.5 Å². The highest BCUT2D eigenvalue weighted by molar-refractivity contribution is 9.09. The number of pyridine rings is 1. The average Bonchev–Trinajstić information content (AvgIpc) is 2.53. The fourth-order valence-electron chi connectivity index (χ4n) is 2.94. The van der Waals surface area contributed by atoms with Gasteiger partial charge in [-0.25, -0.2) is 4.98 Å². The standard InChI is InChI=1S/C16H19BrN2O/c1-20-14-5-6-15-12(10-14)7-8-18-16(15)19-9-3-2-4-13(19)11-17/h5-8,10,13H,2-4,9,11H2,1H3. The van der Waals surface area contributed by atoms with Crippen LogP contribution in [0.15, 0.2) is 30.5 Å². The maximum Gasteiger partial charge on any atom is 0.136 e. The van der Waals surface area contributed by atoms with E-state index >= 15 is 0 Å². The number of methoxy groups -OCH3 is 1. The Labute approximate surface area is 128 Å². The quantitative estimate of drug-likeness (QED) is 0.793. The smallest absolute Gasteiger partial charge is 0.136 e. The van der Waals surface area contributed by atoms with E-state index in [0.717, 1.165) is 23.4 Å². The van der Waals surface area contributed by atoms with Crippen LogP contribution in [-0.4, -0.2) is 30.0 Å². The van der Waals surface area contributed by atoms with Crippen LogP contribution in [0.5, 0.6) is 5.75 Å². The third-order valence-corrected chi connectivity index (χ3v) is 4.78. The summed E-state index contributed by atoms with van der Waals surface area (Å²) in [6.45, 7) is 1.09. The van der Waals surface area contributed by atoms with Crippen LogP contribution in [-0.2, 0) is 0 Å². The molecule has 1 aromatic carbocycles. The maximum absolute atomic E-state index is 5.31. The predicted octanol–water partition coefficient (Wildman–Crippen LogP) is 4.00. The minimum Gasteiger partial charge on any atom is -0.497 e. The van der Waals surface area contributed by atoms with Crippen molar-refractivity contribution in [3.8, 4) is 5.75 Å². The van der Waals surface area contributed by atoms with Gasteiger partial charge in [-0.3, -0.25) is 0 Å². The number of hydrogen-bond acceptors (Lipinski definition) is 3. The zero-order valence-corrected chi connectivity index (χ0v) is 13.3. The number of benzene rings is 1. The Kier molecular flexibility index (Phi) is 4.10. The summed E-state index contributed by atoms with van der Waals surface area (Å²) < 4.78 is 5.31. The summed E-state index contributed by atoms with van der Waals surface area (Å²) in [4.78, 5) is 7.10. The molecule has 4 heteroatoms. The van der Waals surface area contributed by atoms with Crippen molar-refractivity contribution in [2.24, 2.45) is 0 Å². The van der Waals surface area contributed by atoms with Crippen molar-refractivity contribution < 1.29 is 4.74 Å².